The van der Waals surface area contributed by atoms with Gasteiger partial charge >= 0.3 is 0 Å². The Kier molecular flexibility index (Phi) is 11.5. The van der Waals surface area contributed by atoms with Crippen molar-refractivity contribution in [1.29, 1.82) is 0 Å². The van der Waals surface area contributed by atoms with Gasteiger partial charge in [-0.3, -0.25) is 0 Å². The van der Waals surface area contributed by atoms with Gasteiger partial charge in [0.15, 0.2) is 5.96 Å². The molecule has 0 fully saturated rings. The maximum atomic E-state index is 10.1. The summed E-state index contributed by atoms with van der Waals surface area (Å²) in [4.78, 5) is 4.62. The van der Waals surface area contributed by atoms with Gasteiger partial charge < -0.3 is 25.2 Å². The van der Waals surface area contributed by atoms with Gasteiger partial charge in [-0.05, 0) is 43.4 Å². The highest BCUT2D eigenvalue weighted by atomic mass is 16.5. The Morgan fingerprint density at radius 2 is 1.92 bits per heavy atom. The number of aliphatic hydroxyl groups is 1. The number of hydrogen-bond acceptors (Lipinski definition) is 4. The van der Waals surface area contributed by atoms with Crippen LogP contribution in [-0.2, 0) is 11.3 Å². The predicted octanol–water partition coefficient (Wildman–Crippen LogP) is 2.56. The minimum absolute atomic E-state index is 0.383. The minimum atomic E-state index is -0.383. The van der Waals surface area contributed by atoms with Crippen LogP contribution in [0.2, 0.25) is 0 Å². The highest BCUT2D eigenvalue weighted by molar-refractivity contribution is 5.79. The lowest BCUT2D eigenvalue weighted by molar-refractivity contribution is 0.145. The number of nitrogens with one attached hydrogen (secondary N) is 2. The van der Waals surface area contributed by atoms with E-state index in [9.17, 15) is 5.11 Å². The topological polar surface area (TPSA) is 75.1 Å². The number of methoxy groups -OCH3 is 1. The lowest BCUT2D eigenvalue weighted by Gasteiger charge is -2.17. The fraction of sp³-hybridized carbons (Fsp3) is 0.650. The molecule has 6 nitrogen and oxygen atoms in total. The summed E-state index contributed by atoms with van der Waals surface area (Å²) in [6, 6.07) is 7.87. The molecule has 6 heteroatoms. The van der Waals surface area contributed by atoms with E-state index in [1.165, 1.54) is 0 Å². The van der Waals surface area contributed by atoms with Crippen molar-refractivity contribution in [2.24, 2.45) is 10.9 Å². The van der Waals surface area contributed by atoms with Crippen molar-refractivity contribution in [3.63, 3.8) is 0 Å². The van der Waals surface area contributed by atoms with Gasteiger partial charge in [0.25, 0.3) is 0 Å². The third-order valence-corrected chi connectivity index (χ3v) is 3.79. The fourth-order valence-corrected chi connectivity index (χ4v) is 2.44. The summed E-state index contributed by atoms with van der Waals surface area (Å²) in [6.07, 6.45) is 1.29. The summed E-state index contributed by atoms with van der Waals surface area (Å²) >= 11 is 0. The van der Waals surface area contributed by atoms with Gasteiger partial charge in [-0.1, -0.05) is 26.0 Å². The van der Waals surface area contributed by atoms with E-state index in [4.69, 9.17) is 9.47 Å². The first kappa shape index (κ1) is 22.3. The van der Waals surface area contributed by atoms with Crippen LogP contribution in [0.15, 0.2) is 29.3 Å². The zero-order valence-electron chi connectivity index (χ0n) is 16.6. The molecule has 1 aromatic rings. The van der Waals surface area contributed by atoms with Gasteiger partial charge in [0.1, 0.15) is 5.75 Å². The highest BCUT2D eigenvalue weighted by Crippen LogP contribution is 2.11. The van der Waals surface area contributed by atoms with E-state index in [0.717, 1.165) is 43.9 Å². The molecule has 0 bridgehead atoms. The number of aliphatic imine (C=N–C) groups is 1. The van der Waals surface area contributed by atoms with E-state index in [0.29, 0.717) is 25.0 Å². The summed E-state index contributed by atoms with van der Waals surface area (Å²) in [5, 5.41) is 16.6. The second-order valence-corrected chi connectivity index (χ2v) is 6.65. The Balaban J connectivity index is 2.55. The summed E-state index contributed by atoms with van der Waals surface area (Å²) in [5.74, 6) is 2.01. The van der Waals surface area contributed by atoms with Gasteiger partial charge in [0, 0.05) is 26.3 Å². The molecule has 1 aromatic carbocycles. The van der Waals surface area contributed by atoms with Crippen LogP contribution in [0.25, 0.3) is 0 Å². The fourth-order valence-electron chi connectivity index (χ4n) is 2.44. The van der Waals surface area contributed by atoms with Crippen molar-refractivity contribution in [2.45, 2.75) is 46.3 Å². The molecule has 148 valence electrons. The Morgan fingerprint density at radius 1 is 1.19 bits per heavy atom. The molecule has 0 aliphatic rings. The molecule has 0 aliphatic heterocycles. The van der Waals surface area contributed by atoms with E-state index in [1.54, 1.807) is 7.11 Å². The molecule has 1 rings (SSSR count). The molecule has 0 amide bonds. The molecule has 0 spiro atoms. The maximum absolute atomic E-state index is 10.1. The molecule has 1 unspecified atom stereocenters. The number of hydrogen-bond donors (Lipinski definition) is 3. The van der Waals surface area contributed by atoms with Crippen LogP contribution in [0.1, 0.15) is 39.2 Å². The zero-order valence-corrected chi connectivity index (χ0v) is 16.6. The van der Waals surface area contributed by atoms with E-state index in [1.807, 2.05) is 31.2 Å². The molecule has 26 heavy (non-hydrogen) atoms. The summed E-state index contributed by atoms with van der Waals surface area (Å²) in [6.45, 7) is 9.48. The van der Waals surface area contributed by atoms with Crippen molar-refractivity contribution in [2.75, 3.05) is 33.4 Å². The summed E-state index contributed by atoms with van der Waals surface area (Å²) in [5.41, 5.74) is 1.10. The van der Waals surface area contributed by atoms with Crippen LogP contribution in [0.3, 0.4) is 0 Å². The van der Waals surface area contributed by atoms with Crippen LogP contribution >= 0.6 is 0 Å². The molecule has 0 saturated heterocycles. The average Bonchev–Trinajstić information content (AvgIpc) is 2.63. The van der Waals surface area contributed by atoms with Crippen molar-refractivity contribution in [3.05, 3.63) is 29.8 Å². The Hall–Kier alpha value is -1.79. The molecule has 0 heterocycles. The molecule has 0 aromatic heterocycles. The SMILES string of the molecule is CCOCCCNC(=NCc1ccc(OC)cc1)NCC(O)CC(C)C. The number of ether oxygens (including phenoxy) is 2. The van der Waals surface area contributed by atoms with Crippen LogP contribution in [0.5, 0.6) is 5.75 Å². The maximum Gasteiger partial charge on any atom is 0.191 e. The largest absolute Gasteiger partial charge is 0.497 e. The Morgan fingerprint density at radius 3 is 2.54 bits per heavy atom. The number of rotatable bonds is 12. The average molecular weight is 366 g/mol. The van der Waals surface area contributed by atoms with Gasteiger partial charge in [0.05, 0.1) is 19.8 Å². The van der Waals surface area contributed by atoms with Gasteiger partial charge in [-0.25, -0.2) is 4.99 Å². The summed E-state index contributed by atoms with van der Waals surface area (Å²) in [7, 11) is 1.66. The minimum Gasteiger partial charge on any atom is -0.497 e. The summed E-state index contributed by atoms with van der Waals surface area (Å²) < 4.78 is 10.5. The second kappa shape index (κ2) is 13.4. The van der Waals surface area contributed by atoms with Gasteiger partial charge in [-0.2, -0.15) is 0 Å². The van der Waals surface area contributed by atoms with Crippen LogP contribution in [0, 0.1) is 5.92 Å². The molecule has 3 N–H and O–H groups in total. The molecular weight excluding hydrogens is 330 g/mol. The van der Waals surface area contributed by atoms with Crippen LogP contribution < -0.4 is 15.4 Å². The van der Waals surface area contributed by atoms with Crippen molar-refractivity contribution in [3.8, 4) is 5.75 Å². The monoisotopic (exact) mass is 365 g/mol. The van der Waals surface area contributed by atoms with E-state index in [-0.39, 0.29) is 6.10 Å². The number of nitrogens with zero attached hydrogens (tertiary/aromatic N) is 1. The van der Waals surface area contributed by atoms with Gasteiger partial charge in [0.2, 0.25) is 0 Å². The third kappa shape index (κ3) is 10.3. The molecular formula is C20H35N3O3. The van der Waals surface area contributed by atoms with Crippen molar-refractivity contribution < 1.29 is 14.6 Å². The molecule has 0 aliphatic carbocycles. The van der Waals surface area contributed by atoms with E-state index in [2.05, 4.69) is 29.5 Å². The number of aliphatic hydroxyl groups excluding tert-OH is 1. The highest BCUT2D eigenvalue weighted by Gasteiger charge is 2.08. The van der Waals surface area contributed by atoms with E-state index >= 15 is 0 Å². The first-order valence-electron chi connectivity index (χ1n) is 9.46. The van der Waals surface area contributed by atoms with Gasteiger partial charge in [-0.15, -0.1) is 0 Å². The number of benzene rings is 1. The first-order chi connectivity index (χ1) is 12.5. The normalized spacial score (nSPS) is 12.9. The predicted molar refractivity (Wildman–Crippen MR) is 107 cm³/mol. The van der Waals surface area contributed by atoms with Crippen LogP contribution in [0.4, 0.5) is 0 Å². The number of guanidine groups is 1. The lowest BCUT2D eigenvalue weighted by atomic mass is 10.1. The standard InChI is InChI=1S/C20H35N3O3/c1-5-26-12-6-11-21-20(23-15-18(24)13-16(2)3)22-14-17-7-9-19(25-4)10-8-17/h7-10,16,18,24H,5-6,11-15H2,1-4H3,(H2,21,22,23). The zero-order chi connectivity index (χ0) is 19.2. The lowest BCUT2D eigenvalue weighted by Crippen LogP contribution is -2.42. The van der Waals surface area contributed by atoms with Crippen molar-refractivity contribution in [1.82, 2.24) is 10.6 Å². The van der Waals surface area contributed by atoms with Crippen LogP contribution in [-0.4, -0.2) is 50.6 Å². The quantitative estimate of drug-likeness (QED) is 0.302. The second-order valence-electron chi connectivity index (χ2n) is 6.65. The molecule has 1 atom stereocenters. The van der Waals surface area contributed by atoms with E-state index < -0.39 is 0 Å². The Bertz CT molecular complexity index is 504. The smallest absolute Gasteiger partial charge is 0.191 e. The Labute approximate surface area is 158 Å². The molecule has 0 radical (unpaired) electrons. The van der Waals surface area contributed by atoms with Crippen molar-refractivity contribution >= 4 is 5.96 Å². The molecule has 0 saturated carbocycles. The first-order valence-corrected chi connectivity index (χ1v) is 9.46. The third-order valence-electron chi connectivity index (χ3n) is 3.79.